The Morgan fingerprint density at radius 3 is 2.06 bits per heavy atom. The second-order valence-corrected chi connectivity index (χ2v) is 4.19. The molecule has 1 aliphatic carbocycles. The van der Waals surface area contributed by atoms with E-state index in [9.17, 15) is 14.4 Å². The molecule has 0 aromatic heterocycles. The van der Waals surface area contributed by atoms with Gasteiger partial charge in [0.2, 0.25) is 0 Å². The molecule has 5 heteroatoms. The van der Waals surface area contributed by atoms with E-state index < -0.39 is 17.4 Å². The minimum Gasteiger partial charge on any atom is -0.465 e. The van der Waals surface area contributed by atoms with Crippen LogP contribution in [0.1, 0.15) is 27.2 Å². The van der Waals surface area contributed by atoms with E-state index in [4.69, 9.17) is 9.47 Å². The van der Waals surface area contributed by atoms with Crippen molar-refractivity contribution in [1.82, 2.24) is 0 Å². The van der Waals surface area contributed by atoms with E-state index in [0.717, 1.165) is 0 Å². The number of carbonyl (C=O) groups is 3. The molecule has 0 aromatic rings. The fourth-order valence-electron chi connectivity index (χ4n) is 1.84. The van der Waals surface area contributed by atoms with Gasteiger partial charge < -0.3 is 9.47 Å². The van der Waals surface area contributed by atoms with Gasteiger partial charge in [-0.25, -0.2) is 0 Å². The van der Waals surface area contributed by atoms with Crippen molar-refractivity contribution < 1.29 is 23.9 Å². The highest BCUT2D eigenvalue weighted by atomic mass is 16.6. The van der Waals surface area contributed by atoms with Gasteiger partial charge >= 0.3 is 11.9 Å². The van der Waals surface area contributed by atoms with E-state index in [1.807, 2.05) is 0 Å². The number of rotatable bonds is 6. The molecule has 18 heavy (non-hydrogen) atoms. The predicted octanol–water partition coefficient (Wildman–Crippen LogP) is 1.26. The van der Waals surface area contributed by atoms with Crippen LogP contribution in [-0.2, 0) is 23.9 Å². The van der Waals surface area contributed by atoms with Crippen molar-refractivity contribution in [2.45, 2.75) is 27.2 Å². The van der Waals surface area contributed by atoms with Crippen LogP contribution in [0.2, 0.25) is 0 Å². The highest BCUT2D eigenvalue weighted by molar-refractivity contribution is 6.04. The summed E-state index contributed by atoms with van der Waals surface area (Å²) in [6, 6.07) is 0. The third-order valence-corrected chi connectivity index (χ3v) is 2.86. The minimum atomic E-state index is -1.24. The first-order valence-corrected chi connectivity index (χ1v) is 6.02. The van der Waals surface area contributed by atoms with Crippen LogP contribution in [0.15, 0.2) is 12.2 Å². The molecule has 0 aromatic carbocycles. The molecule has 0 radical (unpaired) electrons. The lowest BCUT2D eigenvalue weighted by Gasteiger charge is -2.13. The van der Waals surface area contributed by atoms with Gasteiger partial charge in [-0.05, 0) is 33.3 Å². The second-order valence-electron chi connectivity index (χ2n) is 4.19. The zero-order valence-corrected chi connectivity index (χ0v) is 10.9. The summed E-state index contributed by atoms with van der Waals surface area (Å²) < 4.78 is 9.83. The van der Waals surface area contributed by atoms with Gasteiger partial charge in [0.05, 0.1) is 13.2 Å². The molecule has 0 saturated heterocycles. The number of hydrogen-bond acceptors (Lipinski definition) is 5. The Labute approximate surface area is 106 Å². The minimum absolute atomic E-state index is 0.122. The Hall–Kier alpha value is -1.65. The summed E-state index contributed by atoms with van der Waals surface area (Å²) in [5.74, 6) is -1.56. The van der Waals surface area contributed by atoms with Gasteiger partial charge in [0.15, 0.2) is 11.2 Å². The highest BCUT2D eigenvalue weighted by Crippen LogP contribution is 2.55. The van der Waals surface area contributed by atoms with E-state index in [1.165, 1.54) is 13.0 Å². The molecule has 5 nitrogen and oxygen atoms in total. The maximum atomic E-state index is 11.9. The Morgan fingerprint density at radius 1 is 1.17 bits per heavy atom. The van der Waals surface area contributed by atoms with Crippen molar-refractivity contribution in [3.05, 3.63) is 12.2 Å². The van der Waals surface area contributed by atoms with Crippen molar-refractivity contribution in [3.8, 4) is 0 Å². The van der Waals surface area contributed by atoms with Gasteiger partial charge in [0.1, 0.15) is 0 Å². The number of allylic oxidation sites excluding steroid dienone is 2. The molecule has 0 bridgehead atoms. The smallest absolute Gasteiger partial charge is 0.324 e. The van der Waals surface area contributed by atoms with Crippen LogP contribution in [0.5, 0.6) is 0 Å². The Kier molecular flexibility index (Phi) is 4.64. The van der Waals surface area contributed by atoms with Gasteiger partial charge in [-0.3, -0.25) is 14.4 Å². The first-order valence-electron chi connectivity index (χ1n) is 6.02. The number of hydrogen-bond donors (Lipinski definition) is 0. The molecule has 100 valence electrons. The Balaban J connectivity index is 2.83. The molecular weight excluding hydrogens is 236 g/mol. The van der Waals surface area contributed by atoms with Crippen LogP contribution in [0.4, 0.5) is 0 Å². The zero-order chi connectivity index (χ0) is 13.8. The van der Waals surface area contributed by atoms with Crippen LogP contribution in [0, 0.1) is 11.3 Å². The first kappa shape index (κ1) is 14.4. The lowest BCUT2D eigenvalue weighted by Crippen LogP contribution is -2.31. The van der Waals surface area contributed by atoms with Crippen LogP contribution >= 0.6 is 0 Å². The number of esters is 2. The standard InChI is InChI=1S/C13H18O5/c1-4-17-11(15)13(12(16)18-5-2)8-10(13)7-6-9(3)14/h6-7,10H,4-5,8H2,1-3H3/b7-6+. The molecule has 0 spiro atoms. The first-order chi connectivity index (χ1) is 8.48. The lowest BCUT2D eigenvalue weighted by atomic mass is 10.0. The number of ether oxygens (including phenoxy) is 2. The summed E-state index contributed by atoms with van der Waals surface area (Å²) in [5.41, 5.74) is -1.24. The Morgan fingerprint density at radius 2 is 1.67 bits per heavy atom. The number of carbonyl (C=O) groups excluding carboxylic acids is 3. The van der Waals surface area contributed by atoms with Crippen LogP contribution in [0.3, 0.4) is 0 Å². The average Bonchev–Trinajstić information content (AvgIpc) is 3.03. The molecule has 1 aliphatic rings. The van der Waals surface area contributed by atoms with Crippen LogP contribution < -0.4 is 0 Å². The lowest BCUT2D eigenvalue weighted by molar-refractivity contribution is -0.164. The van der Waals surface area contributed by atoms with Gasteiger partial charge in [0, 0.05) is 5.92 Å². The van der Waals surface area contributed by atoms with Crippen molar-refractivity contribution in [2.75, 3.05) is 13.2 Å². The summed E-state index contributed by atoms with van der Waals surface area (Å²) in [7, 11) is 0. The normalized spacial score (nSPS) is 20.5. The van der Waals surface area contributed by atoms with Gasteiger partial charge in [-0.15, -0.1) is 0 Å². The largest absolute Gasteiger partial charge is 0.465 e. The van der Waals surface area contributed by atoms with E-state index in [-0.39, 0.29) is 24.9 Å². The topological polar surface area (TPSA) is 69.7 Å². The maximum Gasteiger partial charge on any atom is 0.324 e. The summed E-state index contributed by atoms with van der Waals surface area (Å²) in [5, 5.41) is 0. The fourth-order valence-corrected chi connectivity index (χ4v) is 1.84. The molecule has 0 heterocycles. The molecular formula is C13H18O5. The zero-order valence-electron chi connectivity index (χ0n) is 10.9. The van der Waals surface area contributed by atoms with Crippen molar-refractivity contribution >= 4 is 17.7 Å². The molecule has 1 saturated carbocycles. The SMILES string of the molecule is CCOC(=O)C1(C(=O)OCC)CC1/C=C/C(C)=O. The van der Waals surface area contributed by atoms with Crippen molar-refractivity contribution in [3.63, 3.8) is 0 Å². The van der Waals surface area contributed by atoms with Gasteiger partial charge in [-0.2, -0.15) is 0 Å². The fraction of sp³-hybridized carbons (Fsp3) is 0.615. The Bertz CT molecular complexity index is 365. The second kappa shape index (κ2) is 5.80. The van der Waals surface area contributed by atoms with E-state index in [0.29, 0.717) is 6.42 Å². The van der Waals surface area contributed by atoms with Crippen LogP contribution in [-0.4, -0.2) is 30.9 Å². The summed E-state index contributed by atoms with van der Waals surface area (Å²) in [4.78, 5) is 34.6. The third-order valence-electron chi connectivity index (χ3n) is 2.86. The van der Waals surface area contributed by atoms with Gasteiger partial charge in [0.25, 0.3) is 0 Å². The predicted molar refractivity (Wildman–Crippen MR) is 63.6 cm³/mol. The summed E-state index contributed by atoms with van der Waals surface area (Å²) in [6.07, 6.45) is 3.29. The maximum absolute atomic E-state index is 11.9. The number of ketones is 1. The molecule has 1 fully saturated rings. The highest BCUT2D eigenvalue weighted by Gasteiger charge is 2.67. The van der Waals surface area contributed by atoms with E-state index >= 15 is 0 Å². The van der Waals surface area contributed by atoms with Gasteiger partial charge in [-0.1, -0.05) is 6.08 Å². The van der Waals surface area contributed by atoms with E-state index in [2.05, 4.69) is 0 Å². The molecule has 1 unspecified atom stereocenters. The molecule has 1 atom stereocenters. The molecule has 0 N–H and O–H groups in total. The summed E-state index contributed by atoms with van der Waals surface area (Å²) in [6.45, 7) is 5.20. The van der Waals surface area contributed by atoms with Crippen LogP contribution in [0.25, 0.3) is 0 Å². The molecule has 1 rings (SSSR count). The van der Waals surface area contributed by atoms with Crippen molar-refractivity contribution in [1.29, 1.82) is 0 Å². The van der Waals surface area contributed by atoms with Crippen molar-refractivity contribution in [2.24, 2.45) is 11.3 Å². The average molecular weight is 254 g/mol. The third kappa shape index (κ3) is 2.78. The molecule has 0 aliphatic heterocycles. The summed E-state index contributed by atoms with van der Waals surface area (Å²) >= 11 is 0. The van der Waals surface area contributed by atoms with E-state index in [1.54, 1.807) is 19.9 Å². The monoisotopic (exact) mass is 254 g/mol. The quantitative estimate of drug-likeness (QED) is 0.405. The molecule has 0 amide bonds.